The average molecular weight is 235 g/mol. The molecule has 6 heteroatoms. The molecule has 0 amide bonds. The molecular weight excluding hydrogens is 225 g/mol. The van der Waals surface area contributed by atoms with Crippen molar-refractivity contribution in [2.45, 2.75) is 13.5 Å². The predicted molar refractivity (Wildman–Crippen MR) is 57.8 cm³/mol. The standard InChI is InChI=1S/C11H10FN3O2/c1-7-9(12)2-3-10(14-7)8-4-13-15(5-8)6-11(16)17/h2-5H,6H2,1H3,(H,16,17). The van der Waals surface area contributed by atoms with Crippen LogP contribution in [-0.2, 0) is 11.3 Å². The first-order valence-corrected chi connectivity index (χ1v) is 4.94. The summed E-state index contributed by atoms with van der Waals surface area (Å²) < 4.78 is 14.3. The van der Waals surface area contributed by atoms with Crippen LogP contribution in [0.5, 0.6) is 0 Å². The lowest BCUT2D eigenvalue weighted by Gasteiger charge is -1.99. The summed E-state index contributed by atoms with van der Waals surface area (Å²) in [4.78, 5) is 14.5. The summed E-state index contributed by atoms with van der Waals surface area (Å²) in [6, 6.07) is 2.86. The molecule has 2 heterocycles. The third-order valence-electron chi connectivity index (χ3n) is 2.25. The van der Waals surface area contributed by atoms with Crippen LogP contribution in [0.25, 0.3) is 11.3 Å². The Bertz CT molecular complexity index is 566. The van der Waals surface area contributed by atoms with E-state index in [1.54, 1.807) is 13.1 Å². The zero-order chi connectivity index (χ0) is 12.4. The van der Waals surface area contributed by atoms with Gasteiger partial charge < -0.3 is 5.11 Å². The molecule has 5 nitrogen and oxygen atoms in total. The highest BCUT2D eigenvalue weighted by Gasteiger charge is 2.07. The Kier molecular flexibility index (Phi) is 2.86. The van der Waals surface area contributed by atoms with Gasteiger partial charge in [0, 0.05) is 11.8 Å². The second-order valence-corrected chi connectivity index (χ2v) is 3.58. The Labute approximate surface area is 96.5 Å². The summed E-state index contributed by atoms with van der Waals surface area (Å²) in [5.41, 5.74) is 1.53. The molecule has 88 valence electrons. The van der Waals surface area contributed by atoms with Crippen LogP contribution in [0.3, 0.4) is 0 Å². The summed E-state index contributed by atoms with van der Waals surface area (Å²) in [6.07, 6.45) is 3.07. The van der Waals surface area contributed by atoms with Gasteiger partial charge in [0.15, 0.2) is 0 Å². The molecule has 0 spiro atoms. The van der Waals surface area contributed by atoms with Gasteiger partial charge in [-0.25, -0.2) is 9.37 Å². The minimum Gasteiger partial charge on any atom is -0.480 e. The van der Waals surface area contributed by atoms with Crippen molar-refractivity contribution in [1.29, 1.82) is 0 Å². The van der Waals surface area contributed by atoms with E-state index in [1.807, 2.05) is 0 Å². The van der Waals surface area contributed by atoms with Gasteiger partial charge in [-0.15, -0.1) is 0 Å². The van der Waals surface area contributed by atoms with Gasteiger partial charge in [0.25, 0.3) is 0 Å². The Balaban J connectivity index is 2.30. The molecule has 2 aromatic heterocycles. The fourth-order valence-corrected chi connectivity index (χ4v) is 1.43. The van der Waals surface area contributed by atoms with E-state index in [1.165, 1.54) is 23.0 Å². The lowest BCUT2D eigenvalue weighted by atomic mass is 10.2. The summed E-state index contributed by atoms with van der Waals surface area (Å²) in [7, 11) is 0. The molecule has 0 saturated heterocycles. The average Bonchev–Trinajstić information content (AvgIpc) is 2.69. The van der Waals surface area contributed by atoms with E-state index in [0.717, 1.165) is 0 Å². The Morgan fingerprint density at radius 2 is 2.29 bits per heavy atom. The highest BCUT2D eigenvalue weighted by Crippen LogP contribution is 2.17. The predicted octanol–water partition coefficient (Wildman–Crippen LogP) is 1.48. The van der Waals surface area contributed by atoms with Gasteiger partial charge in [0.2, 0.25) is 0 Å². The second-order valence-electron chi connectivity index (χ2n) is 3.58. The number of halogens is 1. The van der Waals surface area contributed by atoms with Crippen LogP contribution in [0, 0.1) is 12.7 Å². The third-order valence-corrected chi connectivity index (χ3v) is 2.25. The third kappa shape index (κ3) is 2.47. The van der Waals surface area contributed by atoms with Crippen molar-refractivity contribution in [2.24, 2.45) is 0 Å². The van der Waals surface area contributed by atoms with Crippen molar-refractivity contribution in [3.63, 3.8) is 0 Å². The summed E-state index contributed by atoms with van der Waals surface area (Å²) in [5, 5.41) is 12.5. The molecule has 0 aliphatic rings. The summed E-state index contributed by atoms with van der Waals surface area (Å²) in [6.45, 7) is 1.36. The lowest BCUT2D eigenvalue weighted by molar-refractivity contribution is -0.137. The Hall–Kier alpha value is -2.24. The molecule has 17 heavy (non-hydrogen) atoms. The van der Waals surface area contributed by atoms with Crippen LogP contribution in [-0.4, -0.2) is 25.8 Å². The quantitative estimate of drug-likeness (QED) is 0.874. The van der Waals surface area contributed by atoms with E-state index >= 15 is 0 Å². The number of carbonyl (C=O) groups is 1. The lowest BCUT2D eigenvalue weighted by Crippen LogP contribution is -2.08. The maximum absolute atomic E-state index is 13.0. The molecule has 2 rings (SSSR count). The number of aryl methyl sites for hydroxylation is 1. The smallest absolute Gasteiger partial charge is 0.325 e. The zero-order valence-electron chi connectivity index (χ0n) is 9.09. The van der Waals surface area contributed by atoms with Crippen molar-refractivity contribution in [2.75, 3.05) is 0 Å². The number of hydrogen-bond donors (Lipinski definition) is 1. The van der Waals surface area contributed by atoms with E-state index < -0.39 is 5.97 Å². The number of aromatic nitrogens is 3. The molecule has 0 saturated carbocycles. The number of hydrogen-bond acceptors (Lipinski definition) is 3. The van der Waals surface area contributed by atoms with Crippen LogP contribution >= 0.6 is 0 Å². The number of aliphatic carboxylic acids is 1. The van der Waals surface area contributed by atoms with Crippen molar-refractivity contribution in [1.82, 2.24) is 14.8 Å². The number of carboxylic acids is 1. The van der Waals surface area contributed by atoms with Crippen molar-refractivity contribution in [3.8, 4) is 11.3 Å². The number of nitrogens with zero attached hydrogens (tertiary/aromatic N) is 3. The first kappa shape index (κ1) is 11.3. The fraction of sp³-hybridized carbons (Fsp3) is 0.182. The highest BCUT2D eigenvalue weighted by atomic mass is 19.1. The molecule has 0 aliphatic heterocycles. The van der Waals surface area contributed by atoms with Crippen molar-refractivity contribution in [3.05, 3.63) is 36.0 Å². The van der Waals surface area contributed by atoms with Gasteiger partial charge in [-0.1, -0.05) is 0 Å². The van der Waals surface area contributed by atoms with E-state index in [-0.39, 0.29) is 12.4 Å². The molecule has 0 unspecified atom stereocenters. The first-order chi connectivity index (χ1) is 8.06. The first-order valence-electron chi connectivity index (χ1n) is 4.94. The summed E-state index contributed by atoms with van der Waals surface area (Å²) in [5.74, 6) is -1.34. The van der Waals surface area contributed by atoms with Crippen LogP contribution in [0.1, 0.15) is 5.69 Å². The number of rotatable bonds is 3. The topological polar surface area (TPSA) is 68.0 Å². The van der Waals surface area contributed by atoms with E-state index in [0.29, 0.717) is 17.0 Å². The van der Waals surface area contributed by atoms with Crippen LogP contribution < -0.4 is 0 Å². The zero-order valence-corrected chi connectivity index (χ0v) is 9.09. The van der Waals surface area contributed by atoms with Gasteiger partial charge in [0.1, 0.15) is 12.4 Å². The number of pyridine rings is 1. The van der Waals surface area contributed by atoms with Crippen molar-refractivity contribution < 1.29 is 14.3 Å². The molecule has 0 fully saturated rings. The maximum Gasteiger partial charge on any atom is 0.325 e. The molecule has 0 atom stereocenters. The highest BCUT2D eigenvalue weighted by molar-refractivity contribution is 5.66. The SMILES string of the molecule is Cc1nc(-c2cnn(CC(=O)O)c2)ccc1F. The van der Waals surface area contributed by atoms with E-state index in [9.17, 15) is 9.18 Å². The molecule has 0 bridgehead atoms. The Morgan fingerprint density at radius 3 is 2.94 bits per heavy atom. The molecule has 0 radical (unpaired) electrons. The van der Waals surface area contributed by atoms with Crippen LogP contribution in [0.4, 0.5) is 4.39 Å². The van der Waals surface area contributed by atoms with Crippen molar-refractivity contribution >= 4 is 5.97 Å². The number of carboxylic acid groups (broad SMARTS) is 1. The molecule has 1 N–H and O–H groups in total. The molecule has 0 aromatic carbocycles. The normalized spacial score (nSPS) is 10.5. The largest absolute Gasteiger partial charge is 0.480 e. The van der Waals surface area contributed by atoms with Gasteiger partial charge in [0.05, 0.1) is 17.6 Å². The molecular formula is C11H10FN3O2. The fourth-order valence-electron chi connectivity index (χ4n) is 1.43. The van der Waals surface area contributed by atoms with Gasteiger partial charge in [-0.2, -0.15) is 5.10 Å². The molecule has 0 aliphatic carbocycles. The van der Waals surface area contributed by atoms with Gasteiger partial charge in [-0.05, 0) is 19.1 Å². The van der Waals surface area contributed by atoms with E-state index in [4.69, 9.17) is 5.11 Å². The van der Waals surface area contributed by atoms with E-state index in [2.05, 4.69) is 10.1 Å². The summed E-state index contributed by atoms with van der Waals surface area (Å²) >= 11 is 0. The maximum atomic E-state index is 13.0. The van der Waals surface area contributed by atoms with Gasteiger partial charge in [-0.3, -0.25) is 9.48 Å². The van der Waals surface area contributed by atoms with Crippen LogP contribution in [0.2, 0.25) is 0 Å². The van der Waals surface area contributed by atoms with Crippen LogP contribution in [0.15, 0.2) is 24.5 Å². The van der Waals surface area contributed by atoms with Gasteiger partial charge >= 0.3 is 5.97 Å². The Morgan fingerprint density at radius 1 is 1.53 bits per heavy atom. The monoisotopic (exact) mass is 235 g/mol. The molecule has 2 aromatic rings. The minimum atomic E-state index is -0.970. The second kappa shape index (κ2) is 4.32. The minimum absolute atomic E-state index is 0.208.